The Balaban J connectivity index is 1.78. The van der Waals surface area contributed by atoms with Crippen molar-refractivity contribution in [2.45, 2.75) is 32.9 Å². The highest BCUT2D eigenvalue weighted by Crippen LogP contribution is 2.24. The third-order valence-corrected chi connectivity index (χ3v) is 4.94. The van der Waals surface area contributed by atoms with Gasteiger partial charge >= 0.3 is 16.3 Å². The number of ether oxygens (including phenoxy) is 1. The lowest BCUT2D eigenvalue weighted by molar-refractivity contribution is 0.0569. The molecule has 1 amide bonds. The Morgan fingerprint density at radius 1 is 1.10 bits per heavy atom. The topological polar surface area (TPSA) is 130 Å². The van der Waals surface area contributed by atoms with Gasteiger partial charge in [0.15, 0.2) is 0 Å². The fourth-order valence-corrected chi connectivity index (χ4v) is 3.48. The molecule has 9 nitrogen and oxygen atoms in total. The minimum absolute atomic E-state index is 0.0622. The van der Waals surface area contributed by atoms with Crippen LogP contribution in [0.5, 0.6) is 0 Å². The van der Waals surface area contributed by atoms with Crippen LogP contribution in [0.1, 0.15) is 26.3 Å². The second kappa shape index (κ2) is 8.25. The molecule has 3 rings (SSSR count). The van der Waals surface area contributed by atoms with Gasteiger partial charge in [0.1, 0.15) is 5.60 Å². The molecule has 158 valence electrons. The van der Waals surface area contributed by atoms with Crippen LogP contribution in [-0.2, 0) is 21.5 Å². The van der Waals surface area contributed by atoms with Crippen LogP contribution in [-0.4, -0.2) is 30.3 Å². The van der Waals surface area contributed by atoms with E-state index in [1.165, 1.54) is 0 Å². The van der Waals surface area contributed by atoms with Crippen molar-refractivity contribution >= 4 is 27.1 Å². The molecule has 30 heavy (non-hydrogen) atoms. The molecule has 0 saturated heterocycles. The Morgan fingerprint density at radius 3 is 2.50 bits per heavy atom. The van der Waals surface area contributed by atoms with Crippen molar-refractivity contribution in [1.82, 2.24) is 19.6 Å². The summed E-state index contributed by atoms with van der Waals surface area (Å²) in [5.41, 5.74) is 0.812. The van der Waals surface area contributed by atoms with E-state index < -0.39 is 21.9 Å². The van der Waals surface area contributed by atoms with Crippen LogP contribution in [0.4, 0.5) is 4.79 Å². The van der Waals surface area contributed by atoms with E-state index in [1.54, 1.807) is 57.2 Å². The van der Waals surface area contributed by atoms with Crippen molar-refractivity contribution in [1.29, 1.82) is 0 Å². The van der Waals surface area contributed by atoms with E-state index in [0.29, 0.717) is 27.6 Å². The molecule has 3 N–H and O–H groups in total. The molecule has 0 radical (unpaired) electrons. The fraction of sp³-hybridized carbons (Fsp3) is 0.250. The molecule has 0 aliphatic rings. The highest BCUT2D eigenvalue weighted by molar-refractivity contribution is 7.88. The Morgan fingerprint density at radius 2 is 1.80 bits per heavy atom. The maximum atomic E-state index is 12.1. The summed E-state index contributed by atoms with van der Waals surface area (Å²) in [7, 11) is -4.11. The Hall–Kier alpha value is -3.24. The molecule has 0 saturated carbocycles. The number of carbonyl (C=O) groups is 1. The van der Waals surface area contributed by atoms with Gasteiger partial charge in [0, 0.05) is 17.5 Å². The molecular weight excluding hydrogens is 408 g/mol. The quantitative estimate of drug-likeness (QED) is 0.570. The van der Waals surface area contributed by atoms with Crippen LogP contribution in [0.15, 0.2) is 53.3 Å². The molecule has 10 heteroatoms. The van der Waals surface area contributed by atoms with E-state index in [1.807, 2.05) is 16.9 Å². The van der Waals surface area contributed by atoms with Gasteiger partial charge in [0.2, 0.25) is 0 Å². The van der Waals surface area contributed by atoms with E-state index in [-0.39, 0.29) is 12.1 Å². The molecule has 1 aromatic heterocycles. The van der Waals surface area contributed by atoms with E-state index in [0.717, 1.165) is 0 Å². The van der Waals surface area contributed by atoms with Crippen LogP contribution < -0.4 is 15.0 Å². The molecule has 3 aromatic rings. The average Bonchev–Trinajstić information content (AvgIpc) is 2.65. The molecule has 0 fully saturated rings. The molecule has 0 aliphatic heterocycles. The van der Waals surface area contributed by atoms with E-state index in [2.05, 4.69) is 14.9 Å². The highest BCUT2D eigenvalue weighted by Gasteiger charge is 2.21. The lowest BCUT2D eigenvalue weighted by atomic mass is 10.0. The molecule has 0 aliphatic carbocycles. The number of rotatable bonds is 5. The summed E-state index contributed by atoms with van der Waals surface area (Å²) in [6.45, 7) is 4.83. The summed E-state index contributed by atoms with van der Waals surface area (Å²) in [5, 5.41) is 7.82. The van der Waals surface area contributed by atoms with Gasteiger partial charge in [0.05, 0.1) is 11.1 Å². The predicted octanol–water partition coefficient (Wildman–Crippen LogP) is 2.45. The largest absolute Gasteiger partial charge is 0.443 e. The fourth-order valence-electron chi connectivity index (χ4n) is 2.79. The number of nitrogens with zero attached hydrogens (tertiary/aromatic N) is 1. The second-order valence-electron chi connectivity index (χ2n) is 7.58. The Bertz CT molecular complexity index is 1250. The molecule has 2 aromatic carbocycles. The van der Waals surface area contributed by atoms with Crippen LogP contribution in [0.2, 0.25) is 0 Å². The van der Waals surface area contributed by atoms with Crippen molar-refractivity contribution in [2.24, 2.45) is 0 Å². The van der Waals surface area contributed by atoms with Crippen molar-refractivity contribution < 1.29 is 17.9 Å². The molecule has 0 spiro atoms. The summed E-state index contributed by atoms with van der Waals surface area (Å²) in [6.07, 6.45) is -1.06. The molecular formula is C20H22N4O5S. The first-order chi connectivity index (χ1) is 14.0. The number of nitrogens with one attached hydrogen (secondary N) is 3. The number of hydrogen-bond acceptors (Lipinski definition) is 6. The Kier molecular flexibility index (Phi) is 5.90. The first kappa shape index (κ1) is 21.5. The van der Waals surface area contributed by atoms with Gasteiger partial charge in [-0.2, -0.15) is 18.2 Å². The number of benzene rings is 2. The second-order valence-corrected chi connectivity index (χ2v) is 9.08. The summed E-state index contributed by atoms with van der Waals surface area (Å²) < 4.78 is 33.2. The van der Waals surface area contributed by atoms with E-state index in [4.69, 9.17) is 4.74 Å². The summed E-state index contributed by atoms with van der Waals surface area (Å²) in [6, 6.07) is 14.1. The van der Waals surface area contributed by atoms with Crippen molar-refractivity contribution in [2.75, 3.05) is 0 Å². The molecule has 0 unspecified atom stereocenters. The lowest BCUT2D eigenvalue weighted by Gasteiger charge is -2.19. The van der Waals surface area contributed by atoms with Gasteiger partial charge in [-0.15, -0.1) is 0 Å². The van der Waals surface area contributed by atoms with Crippen LogP contribution in [0.25, 0.3) is 22.0 Å². The zero-order valence-corrected chi connectivity index (χ0v) is 17.5. The monoisotopic (exact) mass is 430 g/mol. The number of aromatic nitrogens is 2. The van der Waals surface area contributed by atoms with Gasteiger partial charge in [-0.05, 0) is 38.5 Å². The van der Waals surface area contributed by atoms with Crippen molar-refractivity contribution in [3.63, 3.8) is 0 Å². The highest BCUT2D eigenvalue weighted by atomic mass is 32.2. The number of H-pyrrole nitrogens is 1. The molecule has 0 atom stereocenters. The maximum Gasteiger partial charge on any atom is 0.422 e. The zero-order chi connectivity index (χ0) is 21.9. The SMILES string of the molecule is CC(C)(C)OC(=O)NS(=O)(=O)NCc1cccc(-c2n[nH]c(=O)c3ccccc23)c1. The smallest absolute Gasteiger partial charge is 0.422 e. The summed E-state index contributed by atoms with van der Waals surface area (Å²) in [5.74, 6) is 0. The standard InChI is InChI=1S/C20H22N4O5S/c1-20(2,3)29-19(26)24-30(27,28)21-12-13-7-6-8-14(11-13)17-15-9-4-5-10-16(15)18(25)23-22-17/h4-11,21H,12H2,1-3H3,(H,23,25)(H,24,26). The number of fused-ring (bicyclic) bond motifs is 1. The Labute approximate surface area is 173 Å². The zero-order valence-electron chi connectivity index (χ0n) is 16.7. The first-order valence-electron chi connectivity index (χ1n) is 9.11. The lowest BCUT2D eigenvalue weighted by Crippen LogP contribution is -2.42. The van der Waals surface area contributed by atoms with Gasteiger partial charge in [0.25, 0.3) is 5.56 Å². The normalized spacial score (nSPS) is 12.0. The summed E-state index contributed by atoms with van der Waals surface area (Å²) >= 11 is 0. The van der Waals surface area contributed by atoms with Gasteiger partial charge in [-0.25, -0.2) is 14.6 Å². The predicted molar refractivity (Wildman–Crippen MR) is 113 cm³/mol. The number of hydrogen-bond donors (Lipinski definition) is 3. The minimum atomic E-state index is -4.11. The van der Waals surface area contributed by atoms with E-state index >= 15 is 0 Å². The van der Waals surface area contributed by atoms with Crippen molar-refractivity contribution in [3.05, 3.63) is 64.4 Å². The third kappa shape index (κ3) is 5.43. The maximum absolute atomic E-state index is 12.1. The van der Waals surface area contributed by atoms with Crippen LogP contribution in [0.3, 0.4) is 0 Å². The van der Waals surface area contributed by atoms with Gasteiger partial charge in [-0.3, -0.25) is 4.79 Å². The van der Waals surface area contributed by atoms with E-state index in [9.17, 15) is 18.0 Å². The summed E-state index contributed by atoms with van der Waals surface area (Å²) in [4.78, 5) is 23.7. The van der Waals surface area contributed by atoms with Crippen LogP contribution in [0, 0.1) is 0 Å². The van der Waals surface area contributed by atoms with Crippen LogP contribution >= 0.6 is 0 Å². The third-order valence-electron chi connectivity index (χ3n) is 3.98. The van der Waals surface area contributed by atoms with Crippen molar-refractivity contribution in [3.8, 4) is 11.3 Å². The minimum Gasteiger partial charge on any atom is -0.443 e. The number of amides is 1. The van der Waals surface area contributed by atoms with Gasteiger partial charge in [-0.1, -0.05) is 36.4 Å². The average molecular weight is 430 g/mol. The molecule has 1 heterocycles. The number of aromatic amines is 1. The molecule has 0 bridgehead atoms. The van der Waals surface area contributed by atoms with Gasteiger partial charge < -0.3 is 4.74 Å². The number of carbonyl (C=O) groups excluding carboxylic acids is 1. The first-order valence-corrected chi connectivity index (χ1v) is 10.6.